The molecule has 2 aliphatic rings. The maximum absolute atomic E-state index is 12.6. The minimum absolute atomic E-state index is 0.00917. The summed E-state index contributed by atoms with van der Waals surface area (Å²) in [5, 5.41) is 24.8. The summed E-state index contributed by atoms with van der Waals surface area (Å²) < 4.78 is 2.42. The zero-order valence-electron chi connectivity index (χ0n) is 17.5. The number of nitrogens with zero attached hydrogens (tertiary/aromatic N) is 4. The number of hydrogen-bond acceptors (Lipinski definition) is 8. The lowest BCUT2D eigenvalue weighted by atomic mass is 9.92. The number of nitrogens with one attached hydrogen (secondary N) is 1. The summed E-state index contributed by atoms with van der Waals surface area (Å²) in [6.07, 6.45) is 0.306. The van der Waals surface area contributed by atoms with E-state index in [4.69, 9.17) is 11.6 Å². The lowest BCUT2D eigenvalue weighted by Gasteiger charge is -2.23. The van der Waals surface area contributed by atoms with Gasteiger partial charge in [0.2, 0.25) is 5.82 Å². The first-order valence-corrected chi connectivity index (χ1v) is 11.7. The summed E-state index contributed by atoms with van der Waals surface area (Å²) in [5.41, 5.74) is 0.194. The number of aliphatic hydroxyl groups is 2. The topological polar surface area (TPSA) is 113 Å². The van der Waals surface area contributed by atoms with Crippen molar-refractivity contribution in [2.24, 2.45) is 11.3 Å². The Bertz CT molecular complexity index is 1280. The largest absolute Gasteiger partial charge is 0.389 e. The summed E-state index contributed by atoms with van der Waals surface area (Å²) in [5.74, 6) is 6.69. The highest BCUT2D eigenvalue weighted by Crippen LogP contribution is 2.68. The number of fused-ring (bicyclic) bond motifs is 2. The molecule has 1 unspecified atom stereocenters. The Labute approximate surface area is 193 Å². The van der Waals surface area contributed by atoms with Crippen molar-refractivity contribution in [2.45, 2.75) is 44.9 Å². The van der Waals surface area contributed by atoms with Crippen LogP contribution in [-0.4, -0.2) is 54.3 Å². The van der Waals surface area contributed by atoms with Crippen LogP contribution in [0.1, 0.15) is 43.4 Å². The number of rotatable bonds is 5. The highest BCUT2D eigenvalue weighted by molar-refractivity contribution is 7.16. The van der Waals surface area contributed by atoms with Crippen molar-refractivity contribution in [1.82, 2.24) is 19.5 Å². The molecule has 5 rings (SSSR count). The van der Waals surface area contributed by atoms with Gasteiger partial charge in [-0.3, -0.25) is 4.79 Å². The molecule has 3 heterocycles. The van der Waals surface area contributed by atoms with Crippen molar-refractivity contribution in [3.05, 3.63) is 33.5 Å². The SMILES string of the molecule is CCNc1nc(C#Cc2ccc(Cl)s2)nc2c1ncn2[C@@H]1[C@H]2C[C@@]2(C(=O)CC)C(O)[C@@H]1O. The maximum Gasteiger partial charge on any atom is 0.209 e. The van der Waals surface area contributed by atoms with E-state index in [1.165, 1.54) is 11.3 Å². The van der Waals surface area contributed by atoms with Crippen LogP contribution in [0.4, 0.5) is 5.82 Å². The number of thiophene rings is 1. The van der Waals surface area contributed by atoms with E-state index in [1.807, 2.05) is 13.0 Å². The van der Waals surface area contributed by atoms with Crippen molar-refractivity contribution < 1.29 is 15.0 Å². The second kappa shape index (κ2) is 7.81. The number of imidazole rings is 1. The zero-order chi connectivity index (χ0) is 22.6. The fraction of sp³-hybridized carbons (Fsp3) is 0.455. The van der Waals surface area contributed by atoms with Gasteiger partial charge in [-0.05, 0) is 43.2 Å². The molecule has 0 aliphatic heterocycles. The minimum Gasteiger partial charge on any atom is -0.389 e. The predicted molar refractivity (Wildman–Crippen MR) is 122 cm³/mol. The lowest BCUT2D eigenvalue weighted by molar-refractivity contribution is -0.130. The van der Waals surface area contributed by atoms with Gasteiger partial charge in [0.15, 0.2) is 17.0 Å². The molecule has 32 heavy (non-hydrogen) atoms. The van der Waals surface area contributed by atoms with Gasteiger partial charge in [-0.1, -0.05) is 18.5 Å². The molecule has 0 saturated heterocycles. The molecule has 3 aromatic rings. The van der Waals surface area contributed by atoms with E-state index >= 15 is 0 Å². The Balaban J connectivity index is 1.59. The van der Waals surface area contributed by atoms with Crippen LogP contribution in [0.25, 0.3) is 11.2 Å². The highest BCUT2D eigenvalue weighted by Gasteiger charge is 2.74. The van der Waals surface area contributed by atoms with Crippen LogP contribution in [0.5, 0.6) is 0 Å². The second-order valence-electron chi connectivity index (χ2n) is 8.16. The number of carbonyl (C=O) groups is 1. The molecule has 0 bridgehead atoms. The van der Waals surface area contributed by atoms with E-state index < -0.39 is 23.7 Å². The number of hydrogen-bond donors (Lipinski definition) is 3. The van der Waals surface area contributed by atoms with Crippen molar-refractivity contribution in [3.63, 3.8) is 0 Å². The monoisotopic (exact) mass is 471 g/mol. The van der Waals surface area contributed by atoms with Gasteiger partial charge in [-0.15, -0.1) is 11.3 Å². The predicted octanol–water partition coefficient (Wildman–Crippen LogP) is 2.63. The number of ketones is 1. The molecule has 0 radical (unpaired) electrons. The molecule has 5 atom stereocenters. The molecular formula is C22H22ClN5O3S. The summed E-state index contributed by atoms with van der Waals surface area (Å²) in [7, 11) is 0. The normalized spacial score (nSPS) is 28.3. The summed E-state index contributed by atoms with van der Waals surface area (Å²) in [4.78, 5) is 27.0. The average molecular weight is 472 g/mol. The Morgan fingerprint density at radius 2 is 2.16 bits per heavy atom. The Morgan fingerprint density at radius 3 is 2.84 bits per heavy atom. The smallest absolute Gasteiger partial charge is 0.209 e. The average Bonchev–Trinajstić information content (AvgIpc) is 3.03. The number of Topliss-reactive ketones (excluding diaryl/α,β-unsaturated/α-hetero) is 1. The standard InChI is InChI=1S/C22H22ClN5O3S/c1-3-13(29)22-9-12(22)17(18(30)19(22)31)28-10-25-16-20(24-4-2)26-15(27-21(16)28)8-6-11-5-7-14(23)32-11/h5,7,10,12,17-19,30-31H,3-4,9H2,1-2H3,(H,24,26,27)/t12-,17-,18-,19?,22-/m1/s1. The first-order valence-electron chi connectivity index (χ1n) is 10.6. The van der Waals surface area contributed by atoms with E-state index in [9.17, 15) is 15.0 Å². The molecular weight excluding hydrogens is 450 g/mol. The zero-order valence-corrected chi connectivity index (χ0v) is 19.1. The van der Waals surface area contributed by atoms with Crippen LogP contribution >= 0.6 is 22.9 Å². The molecule has 0 spiro atoms. The molecule has 2 fully saturated rings. The van der Waals surface area contributed by atoms with Gasteiger partial charge in [0.05, 0.1) is 33.1 Å². The molecule has 0 aromatic carbocycles. The van der Waals surface area contributed by atoms with Crippen LogP contribution in [0.2, 0.25) is 4.34 Å². The van der Waals surface area contributed by atoms with Gasteiger partial charge < -0.3 is 20.1 Å². The van der Waals surface area contributed by atoms with Crippen LogP contribution in [0, 0.1) is 23.2 Å². The molecule has 166 valence electrons. The van der Waals surface area contributed by atoms with Crippen molar-refractivity contribution >= 4 is 45.7 Å². The number of halogens is 1. The maximum atomic E-state index is 12.6. The van der Waals surface area contributed by atoms with Crippen molar-refractivity contribution in [3.8, 4) is 11.8 Å². The third kappa shape index (κ3) is 3.13. The molecule has 8 nitrogen and oxygen atoms in total. The lowest BCUT2D eigenvalue weighted by Crippen LogP contribution is -2.37. The van der Waals surface area contributed by atoms with Gasteiger partial charge in [0.25, 0.3) is 0 Å². The van der Waals surface area contributed by atoms with Crippen LogP contribution in [-0.2, 0) is 4.79 Å². The van der Waals surface area contributed by atoms with E-state index in [0.717, 1.165) is 4.88 Å². The van der Waals surface area contributed by atoms with Gasteiger partial charge in [-0.25, -0.2) is 15.0 Å². The minimum atomic E-state index is -1.10. The van der Waals surface area contributed by atoms with E-state index in [2.05, 4.69) is 32.1 Å². The number of aliphatic hydroxyl groups excluding tert-OH is 2. The van der Waals surface area contributed by atoms with E-state index in [0.29, 0.717) is 46.5 Å². The second-order valence-corrected chi connectivity index (χ2v) is 9.87. The summed E-state index contributed by atoms with van der Waals surface area (Å²) in [6.45, 7) is 4.37. The van der Waals surface area contributed by atoms with Gasteiger partial charge in [-0.2, -0.15) is 0 Å². The molecule has 3 N–H and O–H groups in total. The van der Waals surface area contributed by atoms with E-state index in [-0.39, 0.29) is 11.7 Å². The van der Waals surface area contributed by atoms with Crippen molar-refractivity contribution in [1.29, 1.82) is 0 Å². The fourth-order valence-electron chi connectivity index (χ4n) is 4.95. The van der Waals surface area contributed by atoms with Gasteiger partial charge in [0.1, 0.15) is 11.9 Å². The fourth-order valence-corrected chi connectivity index (χ4v) is 5.85. The first-order chi connectivity index (χ1) is 15.4. The van der Waals surface area contributed by atoms with Gasteiger partial charge >= 0.3 is 0 Å². The highest BCUT2D eigenvalue weighted by atomic mass is 35.5. The van der Waals surface area contributed by atoms with E-state index in [1.54, 1.807) is 23.9 Å². The summed E-state index contributed by atoms with van der Waals surface area (Å²) >= 11 is 7.35. The Hall–Kier alpha value is -2.51. The molecule has 10 heteroatoms. The third-order valence-electron chi connectivity index (χ3n) is 6.47. The summed E-state index contributed by atoms with van der Waals surface area (Å²) in [6, 6.07) is 3.12. The van der Waals surface area contributed by atoms with Gasteiger partial charge in [0, 0.05) is 13.0 Å². The first kappa shape index (κ1) is 21.3. The quantitative estimate of drug-likeness (QED) is 0.490. The molecule has 2 saturated carbocycles. The third-order valence-corrected chi connectivity index (χ3v) is 7.62. The number of carbonyl (C=O) groups excluding carboxylic acids is 1. The number of aromatic nitrogens is 4. The van der Waals surface area contributed by atoms with Crippen molar-refractivity contribution in [2.75, 3.05) is 11.9 Å². The number of anilines is 1. The Kier molecular flexibility index (Phi) is 5.21. The van der Waals surface area contributed by atoms with Crippen LogP contribution in [0.15, 0.2) is 18.5 Å². The Morgan fingerprint density at radius 1 is 1.34 bits per heavy atom. The van der Waals surface area contributed by atoms with Crippen LogP contribution in [0.3, 0.4) is 0 Å². The molecule has 2 aliphatic carbocycles. The van der Waals surface area contributed by atoms with Crippen LogP contribution < -0.4 is 5.32 Å². The molecule has 0 amide bonds. The molecule has 3 aromatic heterocycles.